The average molecular weight is 351 g/mol. The first-order valence-electron chi connectivity index (χ1n) is 7.46. The van der Waals surface area contributed by atoms with Crippen molar-refractivity contribution < 1.29 is 22.7 Å². The van der Waals surface area contributed by atoms with Crippen LogP contribution in [0.1, 0.15) is 28.9 Å². The second-order valence-electron chi connectivity index (χ2n) is 5.40. The summed E-state index contributed by atoms with van der Waals surface area (Å²) in [5.41, 5.74) is 1.69. The van der Waals surface area contributed by atoms with Crippen LogP contribution in [0, 0.1) is 0 Å². The van der Waals surface area contributed by atoms with Gasteiger partial charge in [0.2, 0.25) is 15.9 Å². The standard InChI is InChI=1S/C15H17N3O5S/c1-2-16-24(21,22)11-4-3-10-5-6-18(13(10)7-11)8-14-17-12(9-23-14)15(19)20/h3-4,7,9,16H,2,5-6,8H2,1H3,(H,19,20). The molecule has 1 aromatic heterocycles. The number of sulfonamides is 1. The van der Waals surface area contributed by atoms with Gasteiger partial charge in [-0.15, -0.1) is 0 Å². The van der Waals surface area contributed by atoms with Crippen LogP contribution in [0.15, 0.2) is 33.8 Å². The molecule has 2 aromatic rings. The summed E-state index contributed by atoms with van der Waals surface area (Å²) in [6.07, 6.45) is 1.88. The molecule has 0 saturated heterocycles. The maximum Gasteiger partial charge on any atom is 0.357 e. The molecule has 0 aliphatic carbocycles. The Morgan fingerprint density at radius 3 is 2.92 bits per heavy atom. The molecule has 1 aromatic carbocycles. The van der Waals surface area contributed by atoms with Crippen molar-refractivity contribution >= 4 is 21.7 Å². The predicted octanol–water partition coefficient (Wildman–Crippen LogP) is 1.23. The zero-order valence-electron chi connectivity index (χ0n) is 13.0. The fourth-order valence-corrected chi connectivity index (χ4v) is 3.74. The molecule has 128 valence electrons. The SMILES string of the molecule is CCNS(=O)(=O)c1ccc2c(c1)N(Cc1nc(C(=O)O)co1)CC2. The summed E-state index contributed by atoms with van der Waals surface area (Å²) in [6.45, 7) is 3.01. The highest BCUT2D eigenvalue weighted by Crippen LogP contribution is 2.31. The van der Waals surface area contributed by atoms with E-state index in [1.165, 1.54) is 0 Å². The molecular weight excluding hydrogens is 334 g/mol. The van der Waals surface area contributed by atoms with E-state index < -0.39 is 16.0 Å². The van der Waals surface area contributed by atoms with E-state index in [2.05, 4.69) is 9.71 Å². The number of carboxylic acids is 1. The largest absolute Gasteiger partial charge is 0.476 e. The van der Waals surface area contributed by atoms with Gasteiger partial charge in [0.05, 0.1) is 11.4 Å². The third kappa shape index (κ3) is 3.13. The number of hydrogen-bond donors (Lipinski definition) is 2. The number of fused-ring (bicyclic) bond motifs is 1. The quantitative estimate of drug-likeness (QED) is 0.805. The van der Waals surface area contributed by atoms with E-state index in [0.717, 1.165) is 23.9 Å². The summed E-state index contributed by atoms with van der Waals surface area (Å²) < 4.78 is 31.9. The second-order valence-corrected chi connectivity index (χ2v) is 7.16. The Balaban J connectivity index is 1.86. The number of rotatable bonds is 6. The number of hydrogen-bond acceptors (Lipinski definition) is 6. The first-order valence-corrected chi connectivity index (χ1v) is 8.94. The van der Waals surface area contributed by atoms with E-state index in [1.54, 1.807) is 25.1 Å². The molecule has 1 aliphatic rings. The van der Waals surface area contributed by atoms with Crippen LogP contribution in [0.3, 0.4) is 0 Å². The van der Waals surface area contributed by atoms with Gasteiger partial charge >= 0.3 is 5.97 Å². The van der Waals surface area contributed by atoms with Gasteiger partial charge in [0.25, 0.3) is 0 Å². The van der Waals surface area contributed by atoms with Gasteiger partial charge in [-0.05, 0) is 24.1 Å². The van der Waals surface area contributed by atoms with Crippen LogP contribution in [0.2, 0.25) is 0 Å². The monoisotopic (exact) mass is 351 g/mol. The van der Waals surface area contributed by atoms with Crippen LogP contribution in [-0.2, 0) is 23.0 Å². The zero-order valence-corrected chi connectivity index (χ0v) is 13.8. The number of carboxylic acid groups (broad SMARTS) is 1. The van der Waals surface area contributed by atoms with Crippen molar-refractivity contribution in [3.63, 3.8) is 0 Å². The Hall–Kier alpha value is -2.39. The number of aromatic nitrogens is 1. The van der Waals surface area contributed by atoms with Crippen molar-refractivity contribution in [1.82, 2.24) is 9.71 Å². The first-order chi connectivity index (χ1) is 11.4. The molecule has 2 N–H and O–H groups in total. The van der Waals surface area contributed by atoms with Crippen molar-refractivity contribution in [3.8, 4) is 0 Å². The summed E-state index contributed by atoms with van der Waals surface area (Å²) in [6, 6.07) is 5.02. The van der Waals surface area contributed by atoms with Crippen molar-refractivity contribution in [2.45, 2.75) is 24.8 Å². The van der Waals surface area contributed by atoms with Gasteiger partial charge in [0, 0.05) is 18.8 Å². The molecule has 0 bridgehead atoms. The molecule has 0 unspecified atom stereocenters. The summed E-state index contributed by atoms with van der Waals surface area (Å²) in [7, 11) is -3.53. The van der Waals surface area contributed by atoms with Gasteiger partial charge in [-0.1, -0.05) is 13.0 Å². The van der Waals surface area contributed by atoms with Gasteiger partial charge < -0.3 is 14.4 Å². The van der Waals surface area contributed by atoms with Crippen LogP contribution in [-0.4, -0.2) is 37.6 Å². The molecule has 0 amide bonds. The van der Waals surface area contributed by atoms with Crippen LogP contribution in [0.25, 0.3) is 0 Å². The Labute approximate surface area is 139 Å². The van der Waals surface area contributed by atoms with Crippen molar-refractivity contribution in [3.05, 3.63) is 41.6 Å². The van der Waals surface area contributed by atoms with E-state index in [4.69, 9.17) is 9.52 Å². The Kier molecular flexibility index (Phi) is 4.29. The zero-order chi connectivity index (χ0) is 17.3. The molecule has 1 aliphatic heterocycles. The highest BCUT2D eigenvalue weighted by molar-refractivity contribution is 7.89. The summed E-state index contributed by atoms with van der Waals surface area (Å²) >= 11 is 0. The fraction of sp³-hybridized carbons (Fsp3) is 0.333. The number of anilines is 1. The summed E-state index contributed by atoms with van der Waals surface area (Å²) in [5.74, 6) is -0.869. The Bertz CT molecular complexity index is 875. The van der Waals surface area contributed by atoms with E-state index >= 15 is 0 Å². The van der Waals surface area contributed by atoms with Gasteiger partial charge in [-0.25, -0.2) is 22.9 Å². The number of nitrogens with zero attached hydrogens (tertiary/aromatic N) is 2. The highest BCUT2D eigenvalue weighted by Gasteiger charge is 2.24. The molecule has 0 fully saturated rings. The Morgan fingerprint density at radius 1 is 1.46 bits per heavy atom. The number of oxazole rings is 1. The van der Waals surface area contributed by atoms with Crippen molar-refractivity contribution in [2.75, 3.05) is 18.0 Å². The minimum absolute atomic E-state index is 0.145. The topological polar surface area (TPSA) is 113 Å². The highest BCUT2D eigenvalue weighted by atomic mass is 32.2. The fourth-order valence-electron chi connectivity index (χ4n) is 2.68. The molecule has 9 heteroatoms. The van der Waals surface area contributed by atoms with Crippen LogP contribution < -0.4 is 9.62 Å². The third-order valence-electron chi connectivity index (χ3n) is 3.79. The Morgan fingerprint density at radius 2 is 2.25 bits per heavy atom. The van der Waals surface area contributed by atoms with E-state index in [1.807, 2.05) is 4.90 Å². The lowest BCUT2D eigenvalue weighted by molar-refractivity contribution is 0.0690. The molecule has 8 nitrogen and oxygen atoms in total. The average Bonchev–Trinajstić information content (AvgIpc) is 3.15. The molecule has 0 atom stereocenters. The maximum absolute atomic E-state index is 12.1. The summed E-state index contributed by atoms with van der Waals surface area (Å²) in [5, 5.41) is 8.88. The van der Waals surface area contributed by atoms with Crippen molar-refractivity contribution in [2.24, 2.45) is 0 Å². The lowest BCUT2D eigenvalue weighted by Crippen LogP contribution is -2.24. The maximum atomic E-state index is 12.1. The second kappa shape index (κ2) is 6.25. The first kappa shape index (κ1) is 16.5. The van der Waals surface area contributed by atoms with Crippen LogP contribution >= 0.6 is 0 Å². The molecule has 0 spiro atoms. The molecule has 3 rings (SSSR count). The number of carbonyl (C=O) groups is 1. The third-order valence-corrected chi connectivity index (χ3v) is 5.33. The molecular formula is C15H17N3O5S. The predicted molar refractivity (Wildman–Crippen MR) is 85.5 cm³/mol. The number of benzene rings is 1. The van der Waals surface area contributed by atoms with Crippen LogP contribution in [0.5, 0.6) is 0 Å². The van der Waals surface area contributed by atoms with Crippen molar-refractivity contribution in [1.29, 1.82) is 0 Å². The molecule has 24 heavy (non-hydrogen) atoms. The van der Waals surface area contributed by atoms with Crippen LogP contribution in [0.4, 0.5) is 5.69 Å². The van der Waals surface area contributed by atoms with Gasteiger partial charge in [-0.2, -0.15) is 0 Å². The lowest BCUT2D eigenvalue weighted by atomic mass is 10.2. The lowest BCUT2D eigenvalue weighted by Gasteiger charge is -2.18. The smallest absolute Gasteiger partial charge is 0.357 e. The van der Waals surface area contributed by atoms with Gasteiger partial charge in [0.1, 0.15) is 6.26 Å². The molecule has 0 radical (unpaired) electrons. The van der Waals surface area contributed by atoms with E-state index in [0.29, 0.717) is 13.1 Å². The number of aromatic carboxylic acids is 1. The van der Waals surface area contributed by atoms with E-state index in [9.17, 15) is 13.2 Å². The minimum atomic E-state index is -3.53. The van der Waals surface area contributed by atoms with E-state index in [-0.39, 0.29) is 23.0 Å². The van der Waals surface area contributed by atoms with Gasteiger partial charge in [0.15, 0.2) is 5.69 Å². The van der Waals surface area contributed by atoms with Gasteiger partial charge in [-0.3, -0.25) is 0 Å². The normalized spacial score (nSPS) is 14.0. The molecule has 2 heterocycles. The summed E-state index contributed by atoms with van der Waals surface area (Å²) in [4.78, 5) is 16.9. The number of nitrogens with one attached hydrogen (secondary N) is 1. The minimum Gasteiger partial charge on any atom is -0.476 e. The molecule has 0 saturated carbocycles.